The molecule has 2 amide bonds. The van der Waals surface area contributed by atoms with Crippen molar-refractivity contribution in [2.24, 2.45) is 0 Å². The number of halogens is 1. The summed E-state index contributed by atoms with van der Waals surface area (Å²) in [5.74, 6) is 0.783. The first-order chi connectivity index (χ1) is 17.4. The van der Waals surface area contributed by atoms with Crippen molar-refractivity contribution in [3.05, 3.63) is 106 Å². The molecule has 0 bridgehead atoms. The van der Waals surface area contributed by atoms with E-state index >= 15 is 0 Å². The largest absolute Gasteiger partial charge is 0.352 e. The second-order valence-electron chi connectivity index (χ2n) is 9.16. The molecule has 0 saturated carbocycles. The first-order valence-corrected chi connectivity index (χ1v) is 13.9. The number of hydrogen-bond acceptors (Lipinski definition) is 3. The summed E-state index contributed by atoms with van der Waals surface area (Å²) in [6.45, 7) is 6.45. The van der Waals surface area contributed by atoms with Gasteiger partial charge in [-0.1, -0.05) is 90.8 Å². The molecule has 0 aliphatic rings. The fourth-order valence-corrected chi connectivity index (χ4v) is 5.04. The highest BCUT2D eigenvalue weighted by Crippen LogP contribution is 2.20. The van der Waals surface area contributed by atoms with Crippen molar-refractivity contribution < 1.29 is 9.59 Å². The predicted molar refractivity (Wildman–Crippen MR) is 151 cm³/mol. The van der Waals surface area contributed by atoms with Gasteiger partial charge >= 0.3 is 0 Å². The third-order valence-corrected chi connectivity index (χ3v) is 7.31. The van der Waals surface area contributed by atoms with Crippen molar-refractivity contribution in [2.45, 2.75) is 58.0 Å². The zero-order valence-corrected chi connectivity index (χ0v) is 22.8. The number of rotatable bonds is 12. The lowest BCUT2D eigenvalue weighted by atomic mass is 10.0. The van der Waals surface area contributed by atoms with E-state index in [9.17, 15) is 9.59 Å². The smallest absolute Gasteiger partial charge is 0.243 e. The summed E-state index contributed by atoms with van der Waals surface area (Å²) in [5, 5.41) is 3.80. The van der Waals surface area contributed by atoms with Gasteiger partial charge in [-0.3, -0.25) is 9.59 Å². The first kappa shape index (κ1) is 27.8. The van der Waals surface area contributed by atoms with E-state index in [1.165, 1.54) is 11.8 Å². The highest BCUT2D eigenvalue weighted by Gasteiger charge is 2.30. The van der Waals surface area contributed by atoms with E-state index in [1.54, 1.807) is 4.90 Å². The lowest BCUT2D eigenvalue weighted by Crippen LogP contribution is -2.52. The Labute approximate surface area is 224 Å². The standard InChI is InChI=1S/C30H35ClN2O2S/c1-4-23(3)32-30(35)28(18-24-11-6-5-7-12-24)33(19-25-13-8-10-22(2)16-25)29(34)21-36-20-26-14-9-15-27(31)17-26/h5-17,23,28H,4,18-21H2,1-3H3,(H,32,35)/t23-,28+/m1/s1. The molecule has 0 spiro atoms. The van der Waals surface area contributed by atoms with Crippen molar-refractivity contribution >= 4 is 35.2 Å². The minimum absolute atomic E-state index is 0.0314. The fourth-order valence-electron chi connectivity index (χ4n) is 3.97. The highest BCUT2D eigenvalue weighted by molar-refractivity contribution is 7.99. The van der Waals surface area contributed by atoms with Gasteiger partial charge in [-0.05, 0) is 49.1 Å². The number of thioether (sulfide) groups is 1. The molecule has 0 aliphatic carbocycles. The maximum absolute atomic E-state index is 13.7. The fraction of sp³-hybridized carbons (Fsp3) is 0.333. The van der Waals surface area contributed by atoms with Crippen molar-refractivity contribution in [1.29, 1.82) is 0 Å². The molecule has 190 valence electrons. The van der Waals surface area contributed by atoms with E-state index in [0.717, 1.165) is 28.7 Å². The second kappa shape index (κ2) is 14.1. The number of nitrogens with zero attached hydrogens (tertiary/aromatic N) is 1. The topological polar surface area (TPSA) is 49.4 Å². The van der Waals surface area contributed by atoms with Gasteiger partial charge in [0.1, 0.15) is 6.04 Å². The zero-order chi connectivity index (χ0) is 25.9. The Morgan fingerprint density at radius 2 is 1.64 bits per heavy atom. The lowest BCUT2D eigenvalue weighted by Gasteiger charge is -2.32. The number of hydrogen-bond donors (Lipinski definition) is 1. The van der Waals surface area contributed by atoms with Gasteiger partial charge in [-0.2, -0.15) is 0 Å². The van der Waals surface area contributed by atoms with E-state index in [-0.39, 0.29) is 23.6 Å². The van der Waals surface area contributed by atoms with E-state index in [4.69, 9.17) is 11.6 Å². The van der Waals surface area contributed by atoms with Crippen LogP contribution in [0.15, 0.2) is 78.9 Å². The predicted octanol–water partition coefficient (Wildman–Crippen LogP) is 6.44. The van der Waals surface area contributed by atoms with E-state index < -0.39 is 6.04 Å². The molecule has 1 N–H and O–H groups in total. The van der Waals surface area contributed by atoms with Crippen LogP contribution in [0.25, 0.3) is 0 Å². The van der Waals surface area contributed by atoms with Gasteiger partial charge in [0.25, 0.3) is 0 Å². The van der Waals surface area contributed by atoms with E-state index in [2.05, 4.69) is 11.4 Å². The third kappa shape index (κ3) is 8.72. The van der Waals surface area contributed by atoms with Crippen molar-refractivity contribution in [2.75, 3.05) is 5.75 Å². The van der Waals surface area contributed by atoms with Gasteiger partial charge in [0.2, 0.25) is 11.8 Å². The Bertz CT molecular complexity index is 1140. The molecule has 3 aromatic rings. The molecule has 0 heterocycles. The van der Waals surface area contributed by atoms with Crippen LogP contribution >= 0.6 is 23.4 Å². The number of amides is 2. The zero-order valence-electron chi connectivity index (χ0n) is 21.2. The van der Waals surface area contributed by atoms with Crippen LogP contribution in [-0.2, 0) is 28.3 Å². The van der Waals surface area contributed by atoms with Crippen LogP contribution in [0, 0.1) is 6.92 Å². The monoisotopic (exact) mass is 522 g/mol. The Morgan fingerprint density at radius 1 is 0.944 bits per heavy atom. The molecule has 0 aliphatic heterocycles. The molecule has 6 heteroatoms. The summed E-state index contributed by atoms with van der Waals surface area (Å²) in [7, 11) is 0. The number of nitrogens with one attached hydrogen (secondary N) is 1. The van der Waals surface area contributed by atoms with Crippen LogP contribution in [0.5, 0.6) is 0 Å². The molecule has 2 atom stereocenters. The van der Waals surface area contributed by atoms with Gasteiger partial charge in [-0.25, -0.2) is 0 Å². The van der Waals surface area contributed by atoms with Crippen LogP contribution in [-0.4, -0.2) is 34.6 Å². The van der Waals surface area contributed by atoms with Crippen LogP contribution in [0.4, 0.5) is 0 Å². The summed E-state index contributed by atoms with van der Waals surface area (Å²) < 4.78 is 0. The van der Waals surface area contributed by atoms with Crippen LogP contribution < -0.4 is 5.32 Å². The SMILES string of the molecule is CC[C@@H](C)NC(=O)[C@H](Cc1ccccc1)N(Cc1cccc(C)c1)C(=O)CSCc1cccc(Cl)c1. The molecule has 36 heavy (non-hydrogen) atoms. The molecule has 4 nitrogen and oxygen atoms in total. The van der Waals surface area contributed by atoms with Gasteiger partial charge in [0.15, 0.2) is 0 Å². The van der Waals surface area contributed by atoms with Crippen molar-refractivity contribution in [3.63, 3.8) is 0 Å². The Morgan fingerprint density at radius 3 is 2.33 bits per heavy atom. The molecular formula is C30H35ClN2O2S. The second-order valence-corrected chi connectivity index (χ2v) is 10.6. The molecule has 0 radical (unpaired) electrons. The van der Waals surface area contributed by atoms with Crippen LogP contribution in [0.2, 0.25) is 5.02 Å². The molecule has 0 fully saturated rings. The summed E-state index contributed by atoms with van der Waals surface area (Å²) in [6.07, 6.45) is 1.28. The normalized spacial score (nSPS) is 12.6. The summed E-state index contributed by atoms with van der Waals surface area (Å²) in [5.41, 5.74) is 4.23. The summed E-state index contributed by atoms with van der Waals surface area (Å²) in [6, 6.07) is 25.1. The van der Waals surface area contributed by atoms with Gasteiger partial charge in [0, 0.05) is 29.8 Å². The number of benzene rings is 3. The molecule has 3 aromatic carbocycles. The molecular weight excluding hydrogens is 488 g/mol. The van der Waals surface area contributed by atoms with Crippen LogP contribution in [0.3, 0.4) is 0 Å². The highest BCUT2D eigenvalue weighted by atomic mass is 35.5. The average molecular weight is 523 g/mol. The Hall–Kier alpha value is -2.76. The summed E-state index contributed by atoms with van der Waals surface area (Å²) >= 11 is 7.66. The summed E-state index contributed by atoms with van der Waals surface area (Å²) in [4.78, 5) is 29.0. The number of carbonyl (C=O) groups is 2. The molecule has 0 saturated heterocycles. The lowest BCUT2D eigenvalue weighted by molar-refractivity contribution is -0.139. The van der Waals surface area contributed by atoms with E-state index in [0.29, 0.717) is 23.7 Å². The first-order valence-electron chi connectivity index (χ1n) is 12.4. The average Bonchev–Trinajstić information content (AvgIpc) is 2.86. The van der Waals surface area contributed by atoms with E-state index in [1.807, 2.05) is 93.6 Å². The maximum Gasteiger partial charge on any atom is 0.243 e. The Balaban J connectivity index is 1.85. The molecule has 0 unspecified atom stereocenters. The molecule has 3 rings (SSSR count). The van der Waals surface area contributed by atoms with Crippen molar-refractivity contribution in [1.82, 2.24) is 10.2 Å². The van der Waals surface area contributed by atoms with Gasteiger partial charge < -0.3 is 10.2 Å². The van der Waals surface area contributed by atoms with Crippen molar-refractivity contribution in [3.8, 4) is 0 Å². The van der Waals surface area contributed by atoms with Gasteiger partial charge in [0.05, 0.1) is 5.75 Å². The Kier molecular flexibility index (Phi) is 10.9. The number of aryl methyl sites for hydroxylation is 1. The quantitative estimate of drug-likeness (QED) is 0.298. The van der Waals surface area contributed by atoms with Crippen LogP contribution in [0.1, 0.15) is 42.5 Å². The third-order valence-electron chi connectivity index (χ3n) is 6.09. The number of carbonyl (C=O) groups excluding carboxylic acids is 2. The minimum Gasteiger partial charge on any atom is -0.352 e. The minimum atomic E-state index is -0.610. The molecule has 0 aromatic heterocycles. The van der Waals surface area contributed by atoms with Gasteiger partial charge in [-0.15, -0.1) is 11.8 Å². The maximum atomic E-state index is 13.7.